The van der Waals surface area contributed by atoms with Crippen molar-refractivity contribution in [3.05, 3.63) is 65.2 Å². The Kier molecular flexibility index (Phi) is 5.37. The number of fused-ring (bicyclic) bond motifs is 2. The summed E-state index contributed by atoms with van der Waals surface area (Å²) in [6.07, 6.45) is 0.388. The highest BCUT2D eigenvalue weighted by molar-refractivity contribution is 5.95. The smallest absolute Gasteiger partial charge is 0.275 e. The largest absolute Gasteiger partial charge is 0.396 e. The van der Waals surface area contributed by atoms with Crippen LogP contribution in [0.5, 0.6) is 0 Å². The van der Waals surface area contributed by atoms with Gasteiger partial charge in [0.2, 0.25) is 0 Å². The second kappa shape index (κ2) is 7.95. The molecule has 0 radical (unpaired) electrons. The topological polar surface area (TPSA) is 48.4 Å². The van der Waals surface area contributed by atoms with E-state index >= 15 is 0 Å². The van der Waals surface area contributed by atoms with Crippen LogP contribution in [0.3, 0.4) is 0 Å². The van der Waals surface area contributed by atoms with E-state index in [2.05, 4.69) is 5.32 Å². The Morgan fingerprint density at radius 2 is 2.00 bits per heavy atom. The summed E-state index contributed by atoms with van der Waals surface area (Å²) in [7, 11) is 0. The van der Waals surface area contributed by atoms with Gasteiger partial charge in [0.1, 0.15) is 5.82 Å². The Balaban J connectivity index is 1.76. The van der Waals surface area contributed by atoms with Gasteiger partial charge in [-0.1, -0.05) is 42.5 Å². The lowest BCUT2D eigenvalue weighted by molar-refractivity contribution is -0.00967. The van der Waals surface area contributed by atoms with Crippen molar-refractivity contribution < 1.29 is 13.9 Å². The van der Waals surface area contributed by atoms with Gasteiger partial charge in [0, 0.05) is 55.4 Å². The molecule has 3 aromatic rings. The van der Waals surface area contributed by atoms with Gasteiger partial charge >= 0.3 is 0 Å². The first-order valence-electron chi connectivity index (χ1n) is 9.96. The van der Waals surface area contributed by atoms with Crippen LogP contribution in [-0.2, 0) is 12.5 Å². The van der Waals surface area contributed by atoms with Gasteiger partial charge in [-0.3, -0.25) is 0 Å². The number of halogens is 2. The zero-order valence-corrected chi connectivity index (χ0v) is 16.5. The maximum absolute atomic E-state index is 14.7. The molecule has 0 saturated heterocycles. The highest BCUT2D eigenvalue weighted by Gasteiger charge is 2.37. The van der Waals surface area contributed by atoms with Crippen molar-refractivity contribution in [2.45, 2.75) is 32.2 Å². The van der Waals surface area contributed by atoms with Gasteiger partial charge in [-0.25, -0.2) is 13.8 Å². The molecule has 1 aliphatic heterocycles. The molecule has 0 saturated carbocycles. The number of para-hydroxylation sites is 1. The predicted molar refractivity (Wildman–Crippen MR) is 113 cm³/mol. The predicted octanol–water partition coefficient (Wildman–Crippen LogP) is 4.84. The van der Waals surface area contributed by atoms with Gasteiger partial charge in [0.05, 0.1) is 5.52 Å². The third kappa shape index (κ3) is 3.90. The number of aryl methyl sites for hydroxylation is 1. The zero-order chi connectivity index (χ0) is 20.4. The van der Waals surface area contributed by atoms with Crippen LogP contribution in [0, 0.1) is 6.92 Å². The Morgan fingerprint density at radius 1 is 1.17 bits per heavy atom. The minimum absolute atomic E-state index is 0.111. The molecule has 6 heteroatoms. The zero-order valence-electron chi connectivity index (χ0n) is 16.5. The molecule has 29 heavy (non-hydrogen) atoms. The molecule has 4 rings (SSSR count). The van der Waals surface area contributed by atoms with E-state index in [9.17, 15) is 8.78 Å². The molecule has 0 fully saturated rings. The number of rotatable bonds is 5. The van der Waals surface area contributed by atoms with E-state index in [4.69, 9.17) is 10.1 Å². The second-order valence-electron chi connectivity index (χ2n) is 7.54. The van der Waals surface area contributed by atoms with Crippen LogP contribution in [0.15, 0.2) is 48.5 Å². The molecule has 4 nitrogen and oxygen atoms in total. The third-order valence-electron chi connectivity index (χ3n) is 5.47. The van der Waals surface area contributed by atoms with Crippen molar-refractivity contribution in [2.75, 3.05) is 29.9 Å². The van der Waals surface area contributed by atoms with Gasteiger partial charge < -0.3 is 15.3 Å². The normalized spacial score (nSPS) is 15.8. The van der Waals surface area contributed by atoms with Crippen molar-refractivity contribution in [3.8, 4) is 0 Å². The van der Waals surface area contributed by atoms with E-state index in [1.165, 1.54) is 6.07 Å². The molecular formula is C23H25F2N3O. The number of hydrogen-bond donors (Lipinski definition) is 2. The Hall–Kier alpha value is -2.73. The first-order valence-corrected chi connectivity index (χ1v) is 9.96. The highest BCUT2D eigenvalue weighted by Crippen LogP contribution is 2.39. The summed E-state index contributed by atoms with van der Waals surface area (Å²) in [5, 5.41) is 13.5. The van der Waals surface area contributed by atoms with Crippen LogP contribution in [0.4, 0.5) is 20.3 Å². The van der Waals surface area contributed by atoms with Crippen LogP contribution in [0.2, 0.25) is 0 Å². The fourth-order valence-corrected chi connectivity index (χ4v) is 3.89. The summed E-state index contributed by atoms with van der Waals surface area (Å²) < 4.78 is 29.3. The number of alkyl halides is 2. The quantitative estimate of drug-likeness (QED) is 0.605. The van der Waals surface area contributed by atoms with Crippen LogP contribution in [0.25, 0.3) is 10.9 Å². The lowest BCUT2D eigenvalue weighted by Crippen LogP contribution is -2.25. The Morgan fingerprint density at radius 3 is 2.83 bits per heavy atom. The van der Waals surface area contributed by atoms with E-state index < -0.39 is 5.92 Å². The van der Waals surface area contributed by atoms with E-state index in [1.807, 2.05) is 36.1 Å². The lowest BCUT2D eigenvalue weighted by atomic mass is 10.0. The molecule has 152 valence electrons. The minimum Gasteiger partial charge on any atom is -0.396 e. The Labute approximate surface area is 169 Å². The van der Waals surface area contributed by atoms with Gasteiger partial charge in [-0.05, 0) is 24.5 Å². The molecule has 0 unspecified atom stereocenters. The number of aromatic nitrogens is 1. The molecule has 0 spiro atoms. The van der Waals surface area contributed by atoms with Crippen LogP contribution < -0.4 is 10.2 Å². The number of nitrogens with one attached hydrogen (secondary N) is 1. The molecule has 0 amide bonds. The summed E-state index contributed by atoms with van der Waals surface area (Å²) in [5.41, 5.74) is 3.56. The molecule has 2 heterocycles. The molecule has 1 aromatic heterocycles. The summed E-state index contributed by atoms with van der Waals surface area (Å²) in [6, 6.07) is 14.7. The van der Waals surface area contributed by atoms with E-state index in [0.29, 0.717) is 30.9 Å². The molecule has 2 N–H and O–H groups in total. The van der Waals surface area contributed by atoms with E-state index in [-0.39, 0.29) is 25.1 Å². The fourth-order valence-electron chi connectivity index (χ4n) is 3.89. The molecule has 2 aromatic carbocycles. The van der Waals surface area contributed by atoms with Crippen molar-refractivity contribution in [3.63, 3.8) is 0 Å². The molecule has 0 aliphatic carbocycles. The van der Waals surface area contributed by atoms with Gasteiger partial charge in [0.25, 0.3) is 5.92 Å². The molecule has 0 bridgehead atoms. The van der Waals surface area contributed by atoms with Crippen molar-refractivity contribution >= 4 is 22.4 Å². The van der Waals surface area contributed by atoms with Gasteiger partial charge in [-0.2, -0.15) is 0 Å². The summed E-state index contributed by atoms with van der Waals surface area (Å²) in [5.74, 6) is -2.16. The van der Waals surface area contributed by atoms with Crippen LogP contribution in [0.1, 0.15) is 29.5 Å². The maximum Gasteiger partial charge on any atom is 0.275 e. The number of pyridine rings is 1. The number of benzene rings is 2. The molecule has 1 aliphatic rings. The van der Waals surface area contributed by atoms with Gasteiger partial charge in [-0.15, -0.1) is 0 Å². The first-order chi connectivity index (χ1) is 14.0. The molecule has 0 atom stereocenters. The SMILES string of the molecule is Cc1cccc2c(NCCCO)cc(N3CCC(F)(F)c4ccccc4C3)nc12. The first kappa shape index (κ1) is 19.6. The number of anilines is 2. The maximum atomic E-state index is 14.7. The lowest BCUT2D eigenvalue weighted by Gasteiger charge is -2.24. The van der Waals surface area contributed by atoms with Gasteiger partial charge in [0.15, 0.2) is 0 Å². The molecular weight excluding hydrogens is 372 g/mol. The monoisotopic (exact) mass is 397 g/mol. The van der Waals surface area contributed by atoms with Crippen molar-refractivity contribution in [1.29, 1.82) is 0 Å². The minimum atomic E-state index is -2.85. The average Bonchev–Trinajstić information content (AvgIpc) is 2.85. The highest BCUT2D eigenvalue weighted by atomic mass is 19.3. The summed E-state index contributed by atoms with van der Waals surface area (Å²) >= 11 is 0. The fraction of sp³-hybridized carbons (Fsp3) is 0.348. The Bertz CT molecular complexity index is 1020. The van der Waals surface area contributed by atoms with Crippen LogP contribution >= 0.6 is 0 Å². The summed E-state index contributed by atoms with van der Waals surface area (Å²) in [4.78, 5) is 6.77. The number of aliphatic hydroxyl groups excluding tert-OH is 1. The number of aliphatic hydroxyl groups is 1. The number of nitrogens with zero attached hydrogens (tertiary/aromatic N) is 2. The van der Waals surface area contributed by atoms with E-state index in [0.717, 1.165) is 22.2 Å². The number of hydrogen-bond acceptors (Lipinski definition) is 4. The third-order valence-corrected chi connectivity index (χ3v) is 5.47. The van der Waals surface area contributed by atoms with Crippen molar-refractivity contribution in [1.82, 2.24) is 4.98 Å². The second-order valence-corrected chi connectivity index (χ2v) is 7.54. The van der Waals surface area contributed by atoms with Crippen molar-refractivity contribution in [2.24, 2.45) is 0 Å². The summed E-state index contributed by atoms with van der Waals surface area (Å²) in [6.45, 7) is 3.36. The standard InChI is InChI=1S/C23H25F2N3O/c1-16-6-4-8-18-20(26-11-5-13-29)14-21(27-22(16)18)28-12-10-23(24,25)19-9-3-2-7-17(19)15-28/h2-4,6-9,14,29H,5,10-13,15H2,1H3,(H,26,27). The van der Waals surface area contributed by atoms with E-state index in [1.54, 1.807) is 18.2 Å². The van der Waals surface area contributed by atoms with Crippen LogP contribution in [-0.4, -0.2) is 29.8 Å². The average molecular weight is 397 g/mol.